The summed E-state index contributed by atoms with van der Waals surface area (Å²) in [4.78, 5) is 23.6. The summed E-state index contributed by atoms with van der Waals surface area (Å²) in [5.41, 5.74) is 2.76. The van der Waals surface area contributed by atoms with Gasteiger partial charge >= 0.3 is 0 Å². The molecule has 0 aliphatic rings. The number of sulfonamides is 1. The van der Waals surface area contributed by atoms with Gasteiger partial charge in [0.1, 0.15) is 6.04 Å². The van der Waals surface area contributed by atoms with Crippen LogP contribution in [0.5, 0.6) is 0 Å². The van der Waals surface area contributed by atoms with Gasteiger partial charge in [-0.1, -0.05) is 19.1 Å². The Labute approximate surface area is 170 Å². The van der Waals surface area contributed by atoms with E-state index in [2.05, 4.69) is 5.32 Å². The maximum absolute atomic E-state index is 13.0. The molecule has 9 heteroatoms. The molecular formula is C20H25N3O5S. The van der Waals surface area contributed by atoms with E-state index in [4.69, 9.17) is 0 Å². The van der Waals surface area contributed by atoms with Gasteiger partial charge in [-0.25, -0.2) is 8.42 Å². The highest BCUT2D eigenvalue weighted by atomic mass is 32.2. The number of benzene rings is 2. The maximum atomic E-state index is 13.0. The third-order valence-electron chi connectivity index (χ3n) is 4.83. The SMILES string of the molecule is CC[C@H](C(=O)Nc1cccc([N+](=O)[O-])c1C)N(c1ccc(C)c(C)c1)S(C)(=O)=O. The Bertz CT molecular complexity index is 1050. The minimum atomic E-state index is -3.76. The number of nitro benzene ring substituents is 1. The molecule has 0 unspecified atom stereocenters. The van der Waals surface area contributed by atoms with Crippen LogP contribution >= 0.6 is 0 Å². The molecule has 0 bridgehead atoms. The quantitative estimate of drug-likeness (QED) is 0.543. The van der Waals surface area contributed by atoms with E-state index in [1.807, 2.05) is 13.8 Å². The van der Waals surface area contributed by atoms with Crippen LogP contribution < -0.4 is 9.62 Å². The van der Waals surface area contributed by atoms with Crippen molar-refractivity contribution in [1.29, 1.82) is 0 Å². The normalized spacial score (nSPS) is 12.3. The van der Waals surface area contributed by atoms with Crippen LogP contribution in [-0.2, 0) is 14.8 Å². The summed E-state index contributed by atoms with van der Waals surface area (Å²) in [5.74, 6) is -0.556. The fourth-order valence-electron chi connectivity index (χ4n) is 3.10. The van der Waals surface area contributed by atoms with E-state index < -0.39 is 26.9 Å². The van der Waals surface area contributed by atoms with Crippen molar-refractivity contribution in [3.63, 3.8) is 0 Å². The van der Waals surface area contributed by atoms with E-state index in [0.717, 1.165) is 21.7 Å². The standard InChI is InChI=1S/C20H25N3O5S/c1-6-18(20(24)21-17-8-7-9-19(15(17)4)23(25)26)22(29(5,27)28)16-11-10-13(2)14(3)12-16/h7-12,18H,6H2,1-5H3,(H,21,24)/t18-/m1/s1. The number of carbonyl (C=O) groups is 1. The zero-order chi connectivity index (χ0) is 21.9. The number of hydrogen-bond acceptors (Lipinski definition) is 5. The van der Waals surface area contributed by atoms with Crippen LogP contribution in [-0.4, -0.2) is 31.5 Å². The largest absolute Gasteiger partial charge is 0.324 e. The summed E-state index contributed by atoms with van der Waals surface area (Å²) < 4.78 is 26.2. The van der Waals surface area contributed by atoms with Gasteiger partial charge in [0.05, 0.1) is 28.1 Å². The Kier molecular flexibility index (Phi) is 6.63. The molecule has 1 N–H and O–H groups in total. The molecule has 2 aromatic carbocycles. The first-order valence-electron chi connectivity index (χ1n) is 9.08. The number of amides is 1. The Morgan fingerprint density at radius 2 is 1.83 bits per heavy atom. The molecule has 1 amide bonds. The van der Waals surface area contributed by atoms with Gasteiger partial charge in [-0.15, -0.1) is 0 Å². The van der Waals surface area contributed by atoms with Crippen LogP contribution in [0, 0.1) is 30.9 Å². The third kappa shape index (κ3) is 4.92. The number of anilines is 2. The molecule has 8 nitrogen and oxygen atoms in total. The topological polar surface area (TPSA) is 110 Å². The van der Waals surface area contributed by atoms with Crippen molar-refractivity contribution in [3.8, 4) is 0 Å². The predicted molar refractivity (Wildman–Crippen MR) is 114 cm³/mol. The summed E-state index contributed by atoms with van der Waals surface area (Å²) in [5, 5.41) is 13.8. The molecule has 0 heterocycles. The molecule has 0 fully saturated rings. The highest BCUT2D eigenvalue weighted by molar-refractivity contribution is 7.92. The van der Waals surface area contributed by atoms with Crippen molar-refractivity contribution >= 4 is 33.0 Å². The molecule has 0 aromatic heterocycles. The highest BCUT2D eigenvalue weighted by Gasteiger charge is 2.32. The molecule has 0 radical (unpaired) electrons. The van der Waals surface area contributed by atoms with Crippen molar-refractivity contribution < 1.29 is 18.1 Å². The lowest BCUT2D eigenvalue weighted by atomic mass is 10.1. The number of nitrogens with zero attached hydrogens (tertiary/aromatic N) is 2. The zero-order valence-corrected chi connectivity index (χ0v) is 17.9. The summed E-state index contributed by atoms with van der Waals surface area (Å²) >= 11 is 0. The van der Waals surface area contributed by atoms with Gasteiger partial charge in [-0.2, -0.15) is 0 Å². The summed E-state index contributed by atoms with van der Waals surface area (Å²) in [6, 6.07) is 8.56. The molecule has 0 saturated heterocycles. The minimum Gasteiger partial charge on any atom is -0.324 e. The summed E-state index contributed by atoms with van der Waals surface area (Å²) in [7, 11) is -3.76. The number of hydrogen-bond donors (Lipinski definition) is 1. The number of aryl methyl sites for hydroxylation is 2. The molecule has 156 valence electrons. The minimum absolute atomic E-state index is 0.120. The van der Waals surface area contributed by atoms with E-state index in [0.29, 0.717) is 11.3 Å². The van der Waals surface area contributed by atoms with Crippen LogP contribution in [0.25, 0.3) is 0 Å². The number of carbonyl (C=O) groups excluding carboxylic acids is 1. The average Bonchev–Trinajstić information content (AvgIpc) is 2.62. The lowest BCUT2D eigenvalue weighted by Gasteiger charge is -2.30. The van der Waals surface area contributed by atoms with Gasteiger partial charge in [-0.05, 0) is 56.5 Å². The Hall–Kier alpha value is -2.94. The van der Waals surface area contributed by atoms with E-state index >= 15 is 0 Å². The van der Waals surface area contributed by atoms with E-state index in [1.165, 1.54) is 19.1 Å². The number of nitrogens with one attached hydrogen (secondary N) is 1. The van der Waals surface area contributed by atoms with Gasteiger partial charge in [0.25, 0.3) is 5.69 Å². The first kappa shape index (κ1) is 22.4. The van der Waals surface area contributed by atoms with Gasteiger partial charge < -0.3 is 5.32 Å². The third-order valence-corrected chi connectivity index (χ3v) is 6.01. The van der Waals surface area contributed by atoms with Gasteiger partial charge in [0.2, 0.25) is 15.9 Å². The second kappa shape index (κ2) is 8.60. The maximum Gasteiger partial charge on any atom is 0.274 e. The molecule has 0 saturated carbocycles. The fraction of sp³-hybridized carbons (Fsp3) is 0.350. The number of nitro groups is 1. The molecule has 0 aliphatic carbocycles. The fourth-order valence-corrected chi connectivity index (χ4v) is 4.30. The van der Waals surface area contributed by atoms with E-state index in [9.17, 15) is 23.3 Å². The van der Waals surface area contributed by atoms with Crippen LogP contribution in [0.1, 0.15) is 30.0 Å². The van der Waals surface area contributed by atoms with Gasteiger partial charge in [-0.3, -0.25) is 19.2 Å². The molecule has 2 aromatic rings. The predicted octanol–water partition coefficient (Wildman–Crippen LogP) is 3.70. The molecule has 0 aliphatic heterocycles. The van der Waals surface area contributed by atoms with Crippen LogP contribution in [0.4, 0.5) is 17.1 Å². The average molecular weight is 420 g/mol. The van der Waals surface area contributed by atoms with Gasteiger partial charge in [0, 0.05) is 6.07 Å². The smallest absolute Gasteiger partial charge is 0.274 e. The first-order chi connectivity index (χ1) is 13.5. The van der Waals surface area contributed by atoms with Crippen molar-refractivity contribution in [2.45, 2.75) is 40.2 Å². The molecule has 1 atom stereocenters. The van der Waals surface area contributed by atoms with Crippen molar-refractivity contribution in [1.82, 2.24) is 0 Å². The summed E-state index contributed by atoms with van der Waals surface area (Å²) in [6.45, 7) is 7.03. The number of rotatable bonds is 7. The van der Waals surface area contributed by atoms with Crippen LogP contribution in [0.2, 0.25) is 0 Å². The molecule has 29 heavy (non-hydrogen) atoms. The van der Waals surface area contributed by atoms with Gasteiger partial charge in [0.15, 0.2) is 0 Å². The summed E-state index contributed by atoms with van der Waals surface area (Å²) in [6.07, 6.45) is 1.27. The molecule has 0 spiro atoms. The Morgan fingerprint density at radius 3 is 2.34 bits per heavy atom. The Balaban J connectivity index is 2.45. The second-order valence-electron chi connectivity index (χ2n) is 6.95. The molecule has 2 rings (SSSR count). The Morgan fingerprint density at radius 1 is 1.17 bits per heavy atom. The van der Waals surface area contributed by atoms with Crippen LogP contribution in [0.15, 0.2) is 36.4 Å². The lowest BCUT2D eigenvalue weighted by molar-refractivity contribution is -0.385. The van der Waals surface area contributed by atoms with Crippen LogP contribution in [0.3, 0.4) is 0 Å². The van der Waals surface area contributed by atoms with E-state index in [-0.39, 0.29) is 17.8 Å². The van der Waals surface area contributed by atoms with E-state index in [1.54, 1.807) is 31.2 Å². The molecular weight excluding hydrogens is 394 g/mol. The second-order valence-corrected chi connectivity index (χ2v) is 8.81. The highest BCUT2D eigenvalue weighted by Crippen LogP contribution is 2.28. The monoisotopic (exact) mass is 419 g/mol. The zero-order valence-electron chi connectivity index (χ0n) is 17.1. The van der Waals surface area contributed by atoms with Crippen molar-refractivity contribution in [2.75, 3.05) is 15.9 Å². The lowest BCUT2D eigenvalue weighted by Crippen LogP contribution is -2.47. The van der Waals surface area contributed by atoms with Crippen molar-refractivity contribution in [2.24, 2.45) is 0 Å². The van der Waals surface area contributed by atoms with Crippen molar-refractivity contribution in [3.05, 3.63) is 63.2 Å². The first-order valence-corrected chi connectivity index (χ1v) is 10.9.